The van der Waals surface area contributed by atoms with Crippen LogP contribution in [0.2, 0.25) is 0 Å². The molecule has 0 spiro atoms. The molecule has 0 bridgehead atoms. The SMILES string of the molecule is CN1C(=O)[C@H]2[C@H](N3C(=S)OC[C@H]3c3ccccc3)C=CC[C@H]2C1=O. The second kappa shape index (κ2) is 5.70. The van der Waals surface area contributed by atoms with Crippen molar-refractivity contribution < 1.29 is 14.3 Å². The van der Waals surface area contributed by atoms with E-state index < -0.39 is 5.92 Å². The van der Waals surface area contributed by atoms with Crippen LogP contribution in [0.4, 0.5) is 0 Å². The van der Waals surface area contributed by atoms with Gasteiger partial charge in [-0.1, -0.05) is 42.5 Å². The van der Waals surface area contributed by atoms with Crippen molar-refractivity contribution >= 4 is 29.2 Å². The quantitative estimate of drug-likeness (QED) is 0.467. The molecule has 2 fully saturated rings. The standard InChI is InChI=1S/C18H18N2O3S/c1-19-16(21)12-8-5-9-13(15(12)17(19)22)20-14(10-23-18(20)24)11-6-3-2-4-7-11/h2-7,9,12-15H,8,10H2,1H3/t12-,13-,14+,15-/m1/s1. The number of hydrogen-bond acceptors (Lipinski definition) is 4. The van der Waals surface area contributed by atoms with Crippen LogP contribution in [-0.2, 0) is 14.3 Å². The highest BCUT2D eigenvalue weighted by molar-refractivity contribution is 7.80. The fourth-order valence-electron chi connectivity index (χ4n) is 3.98. The molecule has 1 aromatic carbocycles. The van der Waals surface area contributed by atoms with Gasteiger partial charge in [-0.15, -0.1) is 0 Å². The number of carbonyl (C=O) groups excluding carboxylic acids is 2. The Labute approximate surface area is 145 Å². The maximum absolute atomic E-state index is 12.6. The van der Waals surface area contributed by atoms with E-state index in [1.54, 1.807) is 7.05 Å². The molecule has 6 heteroatoms. The third-order valence-corrected chi connectivity index (χ3v) is 5.53. The molecule has 0 aromatic heterocycles. The summed E-state index contributed by atoms with van der Waals surface area (Å²) >= 11 is 5.42. The van der Waals surface area contributed by atoms with Crippen LogP contribution in [0.1, 0.15) is 18.0 Å². The smallest absolute Gasteiger partial charge is 0.260 e. The molecule has 4 atom stereocenters. The molecule has 2 heterocycles. The molecule has 0 saturated carbocycles. The summed E-state index contributed by atoms with van der Waals surface area (Å²) < 4.78 is 5.64. The van der Waals surface area contributed by atoms with Crippen molar-refractivity contribution in [3.63, 3.8) is 0 Å². The number of imide groups is 1. The van der Waals surface area contributed by atoms with Gasteiger partial charge in [0, 0.05) is 7.05 Å². The van der Waals surface area contributed by atoms with E-state index in [4.69, 9.17) is 17.0 Å². The molecule has 0 unspecified atom stereocenters. The topological polar surface area (TPSA) is 49.9 Å². The molecule has 124 valence electrons. The van der Waals surface area contributed by atoms with Gasteiger partial charge in [-0.25, -0.2) is 0 Å². The number of benzene rings is 1. The number of amides is 2. The minimum atomic E-state index is -0.390. The van der Waals surface area contributed by atoms with Crippen molar-refractivity contribution in [2.75, 3.05) is 13.7 Å². The molecule has 3 aliphatic rings. The zero-order valence-electron chi connectivity index (χ0n) is 13.3. The average Bonchev–Trinajstić information content (AvgIpc) is 3.10. The molecule has 1 aliphatic carbocycles. The number of thiocarbonyl (C=S) groups is 1. The number of carbonyl (C=O) groups is 2. The molecule has 4 rings (SSSR count). The average molecular weight is 342 g/mol. The highest BCUT2D eigenvalue weighted by Gasteiger charge is 2.53. The Balaban J connectivity index is 1.72. The molecule has 24 heavy (non-hydrogen) atoms. The molecule has 2 saturated heterocycles. The summed E-state index contributed by atoms with van der Waals surface area (Å²) in [5, 5.41) is 0.397. The normalized spacial score (nSPS) is 32.3. The fraction of sp³-hybridized carbons (Fsp3) is 0.389. The number of rotatable bonds is 2. The molecule has 0 radical (unpaired) electrons. The van der Waals surface area contributed by atoms with E-state index in [1.807, 2.05) is 47.4 Å². The number of nitrogens with zero attached hydrogens (tertiary/aromatic N) is 2. The predicted octanol–water partition coefficient (Wildman–Crippen LogP) is 1.90. The van der Waals surface area contributed by atoms with Crippen molar-refractivity contribution in [2.45, 2.75) is 18.5 Å². The molecular formula is C18H18N2O3S. The van der Waals surface area contributed by atoms with Crippen LogP contribution in [0.5, 0.6) is 0 Å². The van der Waals surface area contributed by atoms with Crippen LogP contribution >= 0.6 is 12.2 Å². The van der Waals surface area contributed by atoms with Crippen LogP contribution in [0, 0.1) is 11.8 Å². The Morgan fingerprint density at radius 2 is 1.92 bits per heavy atom. The summed E-state index contributed by atoms with van der Waals surface area (Å²) in [4.78, 5) is 28.2. The summed E-state index contributed by atoms with van der Waals surface area (Å²) in [5.41, 5.74) is 1.10. The van der Waals surface area contributed by atoms with Crippen LogP contribution < -0.4 is 0 Å². The van der Waals surface area contributed by atoms with E-state index in [0.29, 0.717) is 18.2 Å². The second-order valence-corrected chi connectivity index (χ2v) is 6.78. The maximum atomic E-state index is 12.6. The van der Waals surface area contributed by atoms with Gasteiger partial charge >= 0.3 is 0 Å². The van der Waals surface area contributed by atoms with Crippen molar-refractivity contribution in [1.29, 1.82) is 0 Å². The van der Waals surface area contributed by atoms with Gasteiger partial charge in [0.15, 0.2) is 0 Å². The number of likely N-dealkylation sites (tertiary alicyclic amines) is 1. The fourth-order valence-corrected chi connectivity index (χ4v) is 4.30. The summed E-state index contributed by atoms with van der Waals surface area (Å²) in [6.45, 7) is 0.461. The van der Waals surface area contributed by atoms with E-state index in [0.717, 1.165) is 5.56 Å². The van der Waals surface area contributed by atoms with Crippen molar-refractivity contribution in [3.8, 4) is 0 Å². The highest BCUT2D eigenvalue weighted by atomic mass is 32.1. The van der Waals surface area contributed by atoms with Gasteiger partial charge in [-0.05, 0) is 24.2 Å². The summed E-state index contributed by atoms with van der Waals surface area (Å²) in [6.07, 6.45) is 4.59. The Kier molecular flexibility index (Phi) is 3.64. The van der Waals surface area contributed by atoms with Crippen LogP contribution in [0.3, 0.4) is 0 Å². The van der Waals surface area contributed by atoms with Crippen molar-refractivity contribution in [3.05, 3.63) is 48.0 Å². The second-order valence-electron chi connectivity index (χ2n) is 6.43. The minimum absolute atomic E-state index is 0.0408. The van der Waals surface area contributed by atoms with Gasteiger partial charge in [-0.3, -0.25) is 14.5 Å². The molecule has 5 nitrogen and oxygen atoms in total. The monoisotopic (exact) mass is 342 g/mol. The number of ether oxygens (including phenoxy) is 1. The van der Waals surface area contributed by atoms with E-state index in [9.17, 15) is 9.59 Å². The van der Waals surface area contributed by atoms with Gasteiger partial charge in [0.2, 0.25) is 11.8 Å². The molecule has 0 N–H and O–H groups in total. The Morgan fingerprint density at radius 3 is 2.67 bits per heavy atom. The lowest BCUT2D eigenvalue weighted by molar-refractivity contribution is -0.138. The molecule has 1 aromatic rings. The van der Waals surface area contributed by atoms with E-state index in [2.05, 4.69) is 0 Å². The first-order valence-corrected chi connectivity index (χ1v) is 8.48. The van der Waals surface area contributed by atoms with Gasteiger partial charge in [-0.2, -0.15) is 0 Å². The van der Waals surface area contributed by atoms with Gasteiger partial charge in [0.25, 0.3) is 5.17 Å². The third-order valence-electron chi connectivity index (χ3n) is 5.21. The lowest BCUT2D eigenvalue weighted by Crippen LogP contribution is -2.47. The number of hydrogen-bond donors (Lipinski definition) is 0. The van der Waals surface area contributed by atoms with Crippen LogP contribution in [-0.4, -0.2) is 46.5 Å². The molecule has 2 amide bonds. The van der Waals surface area contributed by atoms with Gasteiger partial charge in [0.1, 0.15) is 6.61 Å². The largest absolute Gasteiger partial charge is 0.468 e. The summed E-state index contributed by atoms with van der Waals surface area (Å²) in [6, 6.07) is 9.71. The first-order chi connectivity index (χ1) is 11.6. The third kappa shape index (κ3) is 2.17. The summed E-state index contributed by atoms with van der Waals surface area (Å²) in [7, 11) is 1.56. The molecular weight excluding hydrogens is 324 g/mol. The molecule has 2 aliphatic heterocycles. The predicted molar refractivity (Wildman–Crippen MR) is 91.9 cm³/mol. The number of fused-ring (bicyclic) bond motifs is 1. The first kappa shape index (κ1) is 15.3. The zero-order chi connectivity index (χ0) is 16.8. The highest BCUT2D eigenvalue weighted by Crippen LogP contribution is 2.41. The lowest BCUT2D eigenvalue weighted by atomic mass is 9.80. The Bertz CT molecular complexity index is 733. The Hall–Kier alpha value is -2.21. The van der Waals surface area contributed by atoms with E-state index in [-0.39, 0.29) is 29.8 Å². The van der Waals surface area contributed by atoms with Crippen molar-refractivity contribution in [2.24, 2.45) is 11.8 Å². The van der Waals surface area contributed by atoms with Crippen LogP contribution in [0.15, 0.2) is 42.5 Å². The van der Waals surface area contributed by atoms with Gasteiger partial charge in [0.05, 0.1) is 23.9 Å². The van der Waals surface area contributed by atoms with Crippen molar-refractivity contribution in [1.82, 2.24) is 9.80 Å². The van der Waals surface area contributed by atoms with Crippen LogP contribution in [0.25, 0.3) is 0 Å². The number of allylic oxidation sites excluding steroid dienone is 1. The van der Waals surface area contributed by atoms with Gasteiger partial charge < -0.3 is 9.64 Å². The minimum Gasteiger partial charge on any atom is -0.468 e. The zero-order valence-corrected chi connectivity index (χ0v) is 14.1. The van der Waals surface area contributed by atoms with E-state index in [1.165, 1.54) is 4.90 Å². The lowest BCUT2D eigenvalue weighted by Gasteiger charge is -2.36. The maximum Gasteiger partial charge on any atom is 0.260 e. The van der Waals surface area contributed by atoms with E-state index >= 15 is 0 Å². The summed E-state index contributed by atoms with van der Waals surface area (Å²) in [5.74, 6) is -0.904. The Morgan fingerprint density at radius 1 is 1.17 bits per heavy atom. The first-order valence-electron chi connectivity index (χ1n) is 8.07.